The van der Waals surface area contributed by atoms with E-state index in [1.807, 2.05) is 6.07 Å². The van der Waals surface area contributed by atoms with Crippen LogP contribution in [0.4, 0.5) is 0 Å². The summed E-state index contributed by atoms with van der Waals surface area (Å²) in [7, 11) is 0. The molecule has 0 spiro atoms. The van der Waals surface area contributed by atoms with Gasteiger partial charge in [-0.15, -0.1) is 0 Å². The number of aryl methyl sites for hydroxylation is 2. The van der Waals surface area contributed by atoms with E-state index in [4.69, 9.17) is 14.8 Å². The van der Waals surface area contributed by atoms with Crippen molar-refractivity contribution in [2.75, 3.05) is 13.2 Å². The summed E-state index contributed by atoms with van der Waals surface area (Å²) in [6.07, 6.45) is 5.06. The van der Waals surface area contributed by atoms with Crippen LogP contribution >= 0.6 is 0 Å². The first-order valence-corrected chi connectivity index (χ1v) is 10.9. The van der Waals surface area contributed by atoms with Gasteiger partial charge in [-0.2, -0.15) is 0 Å². The van der Waals surface area contributed by atoms with Gasteiger partial charge in [0.1, 0.15) is 5.82 Å². The maximum absolute atomic E-state index is 11.9. The predicted octanol–water partition coefficient (Wildman–Crippen LogP) is 3.78. The molecule has 0 unspecified atom stereocenters. The minimum absolute atomic E-state index is 0.0920. The van der Waals surface area contributed by atoms with Crippen molar-refractivity contribution in [3.8, 4) is 11.4 Å². The number of nitrogens with one attached hydrogen (secondary N) is 1. The van der Waals surface area contributed by atoms with Crippen LogP contribution in [0.2, 0.25) is 0 Å². The molecule has 164 valence electrons. The molecule has 1 aromatic carbocycles. The number of nitrogens with zero attached hydrogens (tertiary/aromatic N) is 2. The van der Waals surface area contributed by atoms with Crippen LogP contribution in [0.15, 0.2) is 35.3 Å². The molecule has 1 saturated heterocycles. The van der Waals surface area contributed by atoms with Crippen molar-refractivity contribution in [3.05, 3.63) is 51.9 Å². The lowest BCUT2D eigenvalue weighted by Crippen LogP contribution is -2.21. The maximum atomic E-state index is 11.9. The van der Waals surface area contributed by atoms with Crippen LogP contribution in [-0.2, 0) is 22.5 Å². The summed E-state index contributed by atoms with van der Waals surface area (Å²) >= 11 is 0. The topological polar surface area (TPSA) is 97.2 Å². The largest absolute Gasteiger partial charge is 0.481 e. The minimum atomic E-state index is -0.766. The molecule has 2 aromatic heterocycles. The van der Waals surface area contributed by atoms with E-state index >= 15 is 0 Å². The molecule has 0 amide bonds. The minimum Gasteiger partial charge on any atom is -0.481 e. The predicted molar refractivity (Wildman–Crippen MR) is 119 cm³/mol. The van der Waals surface area contributed by atoms with Crippen LogP contribution in [-0.4, -0.2) is 38.8 Å². The van der Waals surface area contributed by atoms with Crippen LogP contribution < -0.4 is 5.56 Å². The van der Waals surface area contributed by atoms with Gasteiger partial charge in [0.25, 0.3) is 5.56 Å². The Morgan fingerprint density at radius 1 is 1.32 bits per heavy atom. The van der Waals surface area contributed by atoms with E-state index in [0.29, 0.717) is 24.3 Å². The lowest BCUT2D eigenvalue weighted by Gasteiger charge is -2.23. The molecule has 3 heterocycles. The average molecular weight is 424 g/mol. The van der Waals surface area contributed by atoms with Crippen molar-refractivity contribution in [2.24, 2.45) is 11.8 Å². The molecule has 0 bridgehead atoms. The van der Waals surface area contributed by atoms with E-state index in [2.05, 4.69) is 27.8 Å². The first-order chi connectivity index (χ1) is 14.9. The Morgan fingerprint density at radius 3 is 2.81 bits per heavy atom. The summed E-state index contributed by atoms with van der Waals surface area (Å²) in [6, 6.07) is 8.10. The number of benzene rings is 1. The fourth-order valence-electron chi connectivity index (χ4n) is 4.16. The Labute approximate surface area is 181 Å². The second-order valence-electron chi connectivity index (χ2n) is 8.60. The van der Waals surface area contributed by atoms with Crippen LogP contribution in [0, 0.1) is 18.8 Å². The highest BCUT2D eigenvalue weighted by molar-refractivity contribution is 5.81. The molecule has 1 fully saturated rings. The fourth-order valence-corrected chi connectivity index (χ4v) is 4.16. The van der Waals surface area contributed by atoms with Gasteiger partial charge in [-0.25, -0.2) is 4.98 Å². The third-order valence-electron chi connectivity index (χ3n) is 6.23. The number of pyridine rings is 1. The summed E-state index contributed by atoms with van der Waals surface area (Å²) in [5.41, 5.74) is 4.49. The number of H-pyrrole nitrogens is 1. The molecule has 0 saturated carbocycles. The lowest BCUT2D eigenvalue weighted by atomic mass is 9.99. The third-order valence-corrected chi connectivity index (χ3v) is 6.23. The summed E-state index contributed by atoms with van der Waals surface area (Å²) in [4.78, 5) is 30.7. The molecular weight excluding hydrogens is 394 g/mol. The van der Waals surface area contributed by atoms with Gasteiger partial charge >= 0.3 is 5.97 Å². The van der Waals surface area contributed by atoms with Gasteiger partial charge in [0, 0.05) is 37.1 Å². The summed E-state index contributed by atoms with van der Waals surface area (Å²) in [5, 5.41) is 9.15. The quantitative estimate of drug-likeness (QED) is 0.603. The zero-order chi connectivity index (χ0) is 22.0. The van der Waals surface area contributed by atoms with Crippen molar-refractivity contribution < 1.29 is 14.6 Å². The van der Waals surface area contributed by atoms with Gasteiger partial charge in [0.2, 0.25) is 0 Å². The Bertz CT molecular complexity index is 1140. The smallest absolute Gasteiger partial charge is 0.306 e. The van der Waals surface area contributed by atoms with Crippen molar-refractivity contribution >= 4 is 17.0 Å². The first kappa shape index (κ1) is 21.3. The Kier molecular flexibility index (Phi) is 6.23. The summed E-state index contributed by atoms with van der Waals surface area (Å²) in [6.45, 7) is 5.96. The molecule has 1 aliphatic heterocycles. The van der Waals surface area contributed by atoms with Gasteiger partial charge in [-0.1, -0.05) is 13.0 Å². The van der Waals surface area contributed by atoms with E-state index in [1.165, 1.54) is 0 Å². The molecule has 7 heteroatoms. The first-order valence-electron chi connectivity index (χ1n) is 10.9. The molecule has 0 aliphatic carbocycles. The number of aliphatic carboxylic acids is 1. The zero-order valence-corrected chi connectivity index (χ0v) is 18.1. The number of aromatic nitrogens is 3. The number of carbonyl (C=O) groups is 1. The zero-order valence-electron chi connectivity index (χ0n) is 18.1. The highest BCUT2D eigenvalue weighted by Gasteiger charge is 2.20. The van der Waals surface area contributed by atoms with Gasteiger partial charge in [0.05, 0.1) is 17.0 Å². The van der Waals surface area contributed by atoms with Gasteiger partial charge in [-0.05, 0) is 62.3 Å². The van der Waals surface area contributed by atoms with Crippen LogP contribution in [0.1, 0.15) is 37.3 Å². The highest BCUT2D eigenvalue weighted by Crippen LogP contribution is 2.29. The van der Waals surface area contributed by atoms with E-state index in [9.17, 15) is 9.59 Å². The van der Waals surface area contributed by atoms with E-state index < -0.39 is 5.97 Å². The van der Waals surface area contributed by atoms with Gasteiger partial charge < -0.3 is 19.4 Å². The monoisotopic (exact) mass is 423 g/mol. The van der Waals surface area contributed by atoms with Crippen molar-refractivity contribution in [2.45, 2.75) is 46.1 Å². The molecule has 1 atom stereocenters. The highest BCUT2D eigenvalue weighted by atomic mass is 16.5. The molecule has 4 rings (SSSR count). The van der Waals surface area contributed by atoms with Crippen molar-refractivity contribution in [1.82, 2.24) is 14.5 Å². The number of imidazole rings is 1. The van der Waals surface area contributed by atoms with Gasteiger partial charge in [0.15, 0.2) is 0 Å². The lowest BCUT2D eigenvalue weighted by molar-refractivity contribution is -0.141. The molecule has 0 radical (unpaired) electrons. The molecular formula is C24H29N3O4. The van der Waals surface area contributed by atoms with E-state index in [1.54, 1.807) is 20.0 Å². The van der Waals surface area contributed by atoms with Crippen LogP contribution in [0.3, 0.4) is 0 Å². The van der Waals surface area contributed by atoms with Gasteiger partial charge in [-0.3, -0.25) is 9.59 Å². The van der Waals surface area contributed by atoms with E-state index in [-0.39, 0.29) is 11.5 Å². The van der Waals surface area contributed by atoms with Crippen LogP contribution in [0.5, 0.6) is 0 Å². The Balaban J connectivity index is 1.72. The average Bonchev–Trinajstić information content (AvgIpc) is 3.12. The number of carboxylic acid groups (broad SMARTS) is 1. The normalized spacial score (nSPS) is 15.9. The Morgan fingerprint density at radius 2 is 2.10 bits per heavy atom. The number of hydrogen-bond acceptors (Lipinski definition) is 4. The number of rotatable bonds is 7. The molecule has 2 N–H and O–H groups in total. The molecule has 3 aromatic rings. The molecule has 31 heavy (non-hydrogen) atoms. The number of aromatic amines is 1. The number of hydrogen-bond donors (Lipinski definition) is 2. The molecule has 7 nitrogen and oxygen atoms in total. The maximum Gasteiger partial charge on any atom is 0.306 e. The number of fused-ring (bicyclic) bond motifs is 1. The second-order valence-corrected chi connectivity index (χ2v) is 8.60. The number of carboxylic acids is 1. The van der Waals surface area contributed by atoms with Crippen LogP contribution in [0.25, 0.3) is 22.4 Å². The standard InChI is InChI=1S/C24H29N3O4/c1-15(24(29)30)3-4-17-5-6-21-20(12-17)26-22(19-11-16(2)23(28)25-13-19)27(21)14-18-7-9-31-10-8-18/h5-6,11-13,15,18H,3-4,7-10,14H2,1-2H3,(H,25,28)(H,29,30)/t15-/m1/s1. The summed E-state index contributed by atoms with van der Waals surface area (Å²) < 4.78 is 7.77. The van der Waals surface area contributed by atoms with E-state index in [0.717, 1.165) is 60.6 Å². The van der Waals surface area contributed by atoms with Crippen molar-refractivity contribution in [1.29, 1.82) is 0 Å². The molecule has 1 aliphatic rings. The SMILES string of the molecule is Cc1cc(-c2nc3cc(CC[C@@H](C)C(=O)O)ccc3n2CC2CCOCC2)c[nH]c1=O. The summed E-state index contributed by atoms with van der Waals surface area (Å²) in [5.74, 6) is 0.223. The Hall–Kier alpha value is -2.93. The number of ether oxygens (including phenoxy) is 1. The third kappa shape index (κ3) is 4.71. The second kappa shape index (κ2) is 9.06. The van der Waals surface area contributed by atoms with Crippen molar-refractivity contribution in [3.63, 3.8) is 0 Å². The fraction of sp³-hybridized carbons (Fsp3) is 0.458.